The number of carbonyl (C=O) groups is 3. The monoisotopic (exact) mass is 618 g/mol. The first-order chi connectivity index (χ1) is 21.1. The molecule has 0 heterocycles. The highest BCUT2D eigenvalue weighted by molar-refractivity contribution is 5.90. The Morgan fingerprint density at radius 2 is 1.34 bits per heavy atom. The minimum atomic E-state index is -1.54. The largest absolute Gasteiger partial charge is 0.463 e. The molecule has 4 N–H and O–H groups in total. The van der Waals surface area contributed by atoms with Gasteiger partial charge < -0.3 is 25.6 Å². The Morgan fingerprint density at radius 3 is 1.86 bits per heavy atom. The van der Waals surface area contributed by atoms with Gasteiger partial charge in [0.05, 0.1) is 19.1 Å². The Kier molecular flexibility index (Phi) is 20.7. The molecule has 2 atom stereocenters. The van der Waals surface area contributed by atoms with E-state index in [4.69, 9.17) is 4.74 Å². The van der Waals surface area contributed by atoms with Gasteiger partial charge >= 0.3 is 5.97 Å². The van der Waals surface area contributed by atoms with Crippen molar-refractivity contribution in [3.8, 4) is 0 Å². The lowest BCUT2D eigenvalue weighted by Crippen LogP contribution is -2.61. The Bertz CT molecular complexity index is 946. The van der Waals surface area contributed by atoms with Gasteiger partial charge in [0.15, 0.2) is 0 Å². The van der Waals surface area contributed by atoms with Gasteiger partial charge in [-0.15, -0.1) is 0 Å². The van der Waals surface area contributed by atoms with Crippen molar-refractivity contribution < 1.29 is 29.3 Å². The van der Waals surface area contributed by atoms with Gasteiger partial charge in [-0.05, 0) is 43.7 Å². The number of aliphatic hydroxyl groups is 2. The highest BCUT2D eigenvalue weighted by Crippen LogP contribution is 2.19. The summed E-state index contributed by atoms with van der Waals surface area (Å²) in [5.74, 6) is -1.30. The van der Waals surface area contributed by atoms with E-state index in [2.05, 4.69) is 31.4 Å². The maximum Gasteiger partial charge on any atom is 0.305 e. The zero-order valence-corrected chi connectivity index (χ0v) is 28.3. The van der Waals surface area contributed by atoms with Crippen LogP contribution in [0.25, 0.3) is 0 Å². The lowest BCUT2D eigenvalue weighted by molar-refractivity contribution is -0.149. The zero-order chi connectivity index (χ0) is 32.8. The number of benzene rings is 1. The topological polar surface area (TPSA) is 125 Å². The Morgan fingerprint density at radius 1 is 0.795 bits per heavy atom. The smallest absolute Gasteiger partial charge is 0.305 e. The molecule has 8 heteroatoms. The Hall–Kier alpha value is -2.45. The van der Waals surface area contributed by atoms with Crippen LogP contribution in [0.2, 0.25) is 0 Å². The highest BCUT2D eigenvalue weighted by atomic mass is 16.5. The van der Waals surface area contributed by atoms with E-state index in [0.717, 1.165) is 36.8 Å². The first-order valence-electron chi connectivity index (χ1n) is 17.2. The number of aliphatic hydroxyl groups excluding tert-OH is 2. The first-order valence-corrected chi connectivity index (χ1v) is 17.2. The summed E-state index contributed by atoms with van der Waals surface area (Å²) < 4.78 is 5.33. The van der Waals surface area contributed by atoms with Crippen molar-refractivity contribution in [3.63, 3.8) is 0 Å². The van der Waals surface area contributed by atoms with E-state index in [1.54, 1.807) is 6.92 Å². The molecule has 0 aromatic heterocycles. The van der Waals surface area contributed by atoms with Crippen molar-refractivity contribution in [2.45, 2.75) is 148 Å². The molecule has 2 amide bonds. The Balaban J connectivity index is 2.38. The fourth-order valence-corrected chi connectivity index (χ4v) is 5.22. The van der Waals surface area contributed by atoms with Gasteiger partial charge in [0.1, 0.15) is 18.2 Å². The van der Waals surface area contributed by atoms with Gasteiger partial charge in [0, 0.05) is 6.42 Å². The van der Waals surface area contributed by atoms with Gasteiger partial charge in [-0.3, -0.25) is 14.4 Å². The molecule has 8 nitrogen and oxygen atoms in total. The van der Waals surface area contributed by atoms with E-state index in [1.165, 1.54) is 71.1 Å². The van der Waals surface area contributed by atoms with E-state index in [0.29, 0.717) is 5.92 Å². The SMILES string of the molecule is CCCCCCCCCCCCCCCC(=O)OCC(CO)(CO)NC(=O)C(C)NC(=O)C(C)c1cccc(CC(C)C)c1. The second-order valence-corrected chi connectivity index (χ2v) is 13.0. The molecule has 0 aliphatic rings. The molecule has 0 aliphatic carbocycles. The summed E-state index contributed by atoms with van der Waals surface area (Å²) in [7, 11) is 0. The molecule has 0 fully saturated rings. The van der Waals surface area contributed by atoms with Crippen LogP contribution < -0.4 is 10.6 Å². The van der Waals surface area contributed by atoms with Gasteiger partial charge in [-0.25, -0.2) is 0 Å². The number of nitrogens with one attached hydrogen (secondary N) is 2. The number of unbranched alkanes of at least 4 members (excludes halogenated alkanes) is 12. The van der Waals surface area contributed by atoms with Crippen molar-refractivity contribution in [2.75, 3.05) is 19.8 Å². The van der Waals surface area contributed by atoms with Crippen LogP contribution in [0.4, 0.5) is 0 Å². The van der Waals surface area contributed by atoms with Crippen molar-refractivity contribution in [1.82, 2.24) is 10.6 Å². The molecule has 0 aliphatic heterocycles. The lowest BCUT2D eigenvalue weighted by atomic mass is 9.95. The minimum Gasteiger partial charge on any atom is -0.463 e. The number of hydrogen-bond donors (Lipinski definition) is 4. The highest BCUT2D eigenvalue weighted by Gasteiger charge is 2.34. The maximum absolute atomic E-state index is 12.9. The summed E-state index contributed by atoms with van der Waals surface area (Å²) >= 11 is 0. The molecule has 2 unspecified atom stereocenters. The average molecular weight is 619 g/mol. The number of amides is 2. The third-order valence-electron chi connectivity index (χ3n) is 8.23. The number of hydrogen-bond acceptors (Lipinski definition) is 6. The maximum atomic E-state index is 12.9. The molecular formula is C36H62N2O6. The standard InChI is InChI=1S/C36H62N2O6/c1-6-7-8-9-10-11-12-13-14-15-16-17-18-22-33(41)44-27-36(25-39,26-40)38-35(43)30(5)37-34(42)29(4)32-21-19-20-31(24-32)23-28(2)3/h19-21,24,28-30,39-40H,6-18,22-23,25-27H2,1-5H3,(H,37,42)(H,38,43). The van der Waals surface area contributed by atoms with E-state index < -0.39 is 42.6 Å². The fraction of sp³-hybridized carbons (Fsp3) is 0.750. The quantitative estimate of drug-likeness (QED) is 0.0747. The number of esters is 1. The van der Waals surface area contributed by atoms with Crippen molar-refractivity contribution in [3.05, 3.63) is 35.4 Å². The summed E-state index contributed by atoms with van der Waals surface area (Å²) in [6.45, 7) is 8.25. The third kappa shape index (κ3) is 16.6. The summed E-state index contributed by atoms with van der Waals surface area (Å²) in [4.78, 5) is 38.2. The molecule has 0 saturated heterocycles. The molecule has 1 rings (SSSR count). The molecule has 0 radical (unpaired) electrons. The molecule has 1 aromatic rings. The summed E-state index contributed by atoms with van der Waals surface area (Å²) in [5, 5.41) is 25.3. The second-order valence-electron chi connectivity index (χ2n) is 13.0. The second kappa shape index (κ2) is 23.0. The minimum absolute atomic E-state index is 0.251. The van der Waals surface area contributed by atoms with Crippen LogP contribution in [0.3, 0.4) is 0 Å². The number of rotatable bonds is 25. The van der Waals surface area contributed by atoms with Gasteiger partial charge in [-0.1, -0.05) is 122 Å². The first kappa shape index (κ1) is 39.6. The summed E-state index contributed by atoms with van der Waals surface area (Å²) in [6.07, 6.45) is 17.0. The number of ether oxygens (including phenoxy) is 1. The molecule has 1 aromatic carbocycles. The van der Waals surface area contributed by atoms with Crippen molar-refractivity contribution >= 4 is 17.8 Å². The van der Waals surface area contributed by atoms with Gasteiger partial charge in [0.25, 0.3) is 0 Å². The van der Waals surface area contributed by atoms with Crippen LogP contribution in [0.5, 0.6) is 0 Å². The van der Waals surface area contributed by atoms with Crippen LogP contribution >= 0.6 is 0 Å². The van der Waals surface area contributed by atoms with Crippen LogP contribution in [0, 0.1) is 5.92 Å². The average Bonchev–Trinajstić information content (AvgIpc) is 3.00. The van der Waals surface area contributed by atoms with Crippen LogP contribution in [0.1, 0.15) is 142 Å². The number of carbonyl (C=O) groups excluding carboxylic acids is 3. The lowest BCUT2D eigenvalue weighted by Gasteiger charge is -2.31. The van der Waals surface area contributed by atoms with E-state index in [9.17, 15) is 24.6 Å². The predicted octanol–water partition coefficient (Wildman–Crippen LogP) is 6.36. The van der Waals surface area contributed by atoms with Gasteiger partial charge in [0.2, 0.25) is 11.8 Å². The Labute approximate surface area is 267 Å². The van der Waals surface area contributed by atoms with E-state index >= 15 is 0 Å². The van der Waals surface area contributed by atoms with E-state index in [-0.39, 0.29) is 18.9 Å². The summed E-state index contributed by atoms with van der Waals surface area (Å²) in [5.41, 5.74) is 0.476. The molecular weight excluding hydrogens is 556 g/mol. The zero-order valence-electron chi connectivity index (χ0n) is 28.3. The fourth-order valence-electron chi connectivity index (χ4n) is 5.22. The van der Waals surface area contributed by atoms with Crippen LogP contribution in [-0.4, -0.2) is 59.4 Å². The van der Waals surface area contributed by atoms with Crippen LogP contribution in [-0.2, 0) is 25.5 Å². The molecule has 0 spiro atoms. The van der Waals surface area contributed by atoms with E-state index in [1.807, 2.05) is 24.3 Å². The summed E-state index contributed by atoms with van der Waals surface area (Å²) in [6, 6.07) is 6.96. The van der Waals surface area contributed by atoms with Gasteiger partial charge in [-0.2, -0.15) is 0 Å². The normalized spacial score (nSPS) is 13.0. The third-order valence-corrected chi connectivity index (χ3v) is 8.23. The van der Waals surface area contributed by atoms with Crippen molar-refractivity contribution in [1.29, 1.82) is 0 Å². The molecule has 252 valence electrons. The molecule has 0 bridgehead atoms. The molecule has 44 heavy (non-hydrogen) atoms. The van der Waals surface area contributed by atoms with Crippen LogP contribution in [0.15, 0.2) is 24.3 Å². The predicted molar refractivity (Wildman–Crippen MR) is 177 cm³/mol. The van der Waals surface area contributed by atoms with Crippen molar-refractivity contribution in [2.24, 2.45) is 5.92 Å². The molecule has 0 saturated carbocycles.